The van der Waals surface area contributed by atoms with Crippen LogP contribution >= 0.6 is 0 Å². The van der Waals surface area contributed by atoms with Gasteiger partial charge in [0, 0.05) is 47.7 Å². The molecule has 0 radical (unpaired) electrons. The molecule has 1 aliphatic rings. The average molecular weight is 491 g/mol. The molecular formula is C27H30N4O5. The van der Waals surface area contributed by atoms with Gasteiger partial charge in [-0.1, -0.05) is 24.3 Å². The number of Topliss-reactive ketones (excluding diaryl/α,β-unsaturated/α-hetero) is 1. The van der Waals surface area contributed by atoms with Crippen molar-refractivity contribution < 1.29 is 23.9 Å². The molecule has 0 spiro atoms. The number of esters is 1. The van der Waals surface area contributed by atoms with Crippen LogP contribution in [-0.4, -0.2) is 52.3 Å². The van der Waals surface area contributed by atoms with Gasteiger partial charge in [0.25, 0.3) is 0 Å². The van der Waals surface area contributed by atoms with Crippen LogP contribution in [0.3, 0.4) is 0 Å². The Morgan fingerprint density at radius 3 is 2.50 bits per heavy atom. The molecule has 2 aromatic carbocycles. The highest BCUT2D eigenvalue weighted by atomic mass is 16.6. The van der Waals surface area contributed by atoms with E-state index < -0.39 is 12.1 Å². The number of rotatable bonds is 10. The maximum atomic E-state index is 13.1. The summed E-state index contributed by atoms with van der Waals surface area (Å²) in [6, 6.07) is 12.4. The highest BCUT2D eigenvalue weighted by molar-refractivity contribution is 6.08. The monoisotopic (exact) mass is 490 g/mol. The number of carbonyl (C=O) groups is 3. The number of hydrogen-bond donors (Lipinski definition) is 2. The normalized spacial score (nSPS) is 12.8. The first-order valence-corrected chi connectivity index (χ1v) is 12.0. The number of hydrogen-bond acceptors (Lipinski definition) is 6. The van der Waals surface area contributed by atoms with E-state index in [1.165, 1.54) is 4.90 Å². The second-order valence-corrected chi connectivity index (χ2v) is 8.90. The zero-order chi connectivity index (χ0) is 25.8. The minimum absolute atomic E-state index is 0.00558. The number of fused-ring (bicyclic) bond motifs is 1. The summed E-state index contributed by atoms with van der Waals surface area (Å²) >= 11 is 0. The maximum Gasteiger partial charge on any atom is 0.416 e. The summed E-state index contributed by atoms with van der Waals surface area (Å²) in [5.41, 5.74) is 8.51. The van der Waals surface area contributed by atoms with E-state index >= 15 is 0 Å². The molecule has 1 fully saturated rings. The minimum atomic E-state index is -0.609. The molecule has 3 N–H and O–H groups in total. The van der Waals surface area contributed by atoms with Crippen LogP contribution in [0.4, 0.5) is 4.79 Å². The molecule has 0 saturated heterocycles. The number of amides is 1. The Morgan fingerprint density at radius 1 is 1.14 bits per heavy atom. The summed E-state index contributed by atoms with van der Waals surface area (Å²) in [6.45, 7) is 1.81. The fourth-order valence-corrected chi connectivity index (χ4v) is 4.13. The Hall–Kier alpha value is -4.14. The Bertz CT molecular complexity index is 1310. The predicted octanol–water partition coefficient (Wildman–Crippen LogP) is 3.80. The van der Waals surface area contributed by atoms with E-state index in [1.807, 2.05) is 29.8 Å². The molecule has 1 amide bonds. The highest BCUT2D eigenvalue weighted by Gasteiger charge is 2.35. The summed E-state index contributed by atoms with van der Waals surface area (Å²) in [7, 11) is 1.86. The van der Waals surface area contributed by atoms with Gasteiger partial charge < -0.3 is 19.8 Å². The first-order chi connectivity index (χ1) is 17.3. The molecule has 3 aromatic rings. The van der Waals surface area contributed by atoms with Gasteiger partial charge in [-0.25, -0.2) is 4.79 Å². The summed E-state index contributed by atoms with van der Waals surface area (Å²) in [5, 5.41) is 8.19. The van der Waals surface area contributed by atoms with Crippen molar-refractivity contribution in [3.05, 3.63) is 65.4 Å². The van der Waals surface area contributed by atoms with Crippen molar-refractivity contribution in [1.82, 2.24) is 9.47 Å². The third-order valence-electron chi connectivity index (χ3n) is 6.20. The number of aryl methyl sites for hydroxylation is 2. The number of amidine groups is 1. The van der Waals surface area contributed by atoms with Gasteiger partial charge in [-0.2, -0.15) is 0 Å². The van der Waals surface area contributed by atoms with Gasteiger partial charge in [0.05, 0.1) is 6.61 Å². The van der Waals surface area contributed by atoms with E-state index in [4.69, 9.17) is 20.6 Å². The van der Waals surface area contributed by atoms with Crippen molar-refractivity contribution in [2.24, 2.45) is 12.8 Å². The fraction of sp³-hybridized carbons (Fsp3) is 0.333. The first-order valence-electron chi connectivity index (χ1n) is 12.0. The molecule has 1 saturated carbocycles. The lowest BCUT2D eigenvalue weighted by molar-refractivity contribution is -0.144. The standard InChI is InChI=1S/C27H30N4O5/c1-3-35-25(33)16-31(19-9-10-19)27(34)36-20-11-12-23-21(14-20)22(15-30(23)2)24(32)13-6-17-4-7-18(8-5-17)26(28)29/h4-5,7-8,11-12,14-15,19H,3,6,9-10,13,16H2,1-2H3,(H3,28,29). The van der Waals surface area contributed by atoms with Crippen LogP contribution in [0.1, 0.15) is 47.7 Å². The van der Waals surface area contributed by atoms with Crippen LogP contribution in [0, 0.1) is 5.41 Å². The van der Waals surface area contributed by atoms with Gasteiger partial charge >= 0.3 is 12.1 Å². The molecule has 36 heavy (non-hydrogen) atoms. The van der Waals surface area contributed by atoms with Gasteiger partial charge in [-0.15, -0.1) is 0 Å². The third-order valence-corrected chi connectivity index (χ3v) is 6.20. The van der Waals surface area contributed by atoms with Crippen LogP contribution < -0.4 is 10.5 Å². The molecule has 9 heteroatoms. The van der Waals surface area contributed by atoms with Gasteiger partial charge in [0.2, 0.25) is 0 Å². The van der Waals surface area contributed by atoms with Crippen molar-refractivity contribution >= 4 is 34.6 Å². The van der Waals surface area contributed by atoms with E-state index in [2.05, 4.69) is 0 Å². The summed E-state index contributed by atoms with van der Waals surface area (Å²) in [5.74, 6) is -0.182. The smallest absolute Gasteiger partial charge is 0.416 e. The second-order valence-electron chi connectivity index (χ2n) is 8.90. The van der Waals surface area contributed by atoms with Crippen molar-refractivity contribution in [3.8, 4) is 5.75 Å². The largest absolute Gasteiger partial charge is 0.465 e. The number of ether oxygens (including phenoxy) is 2. The molecule has 1 aliphatic carbocycles. The molecule has 0 atom stereocenters. The number of carbonyl (C=O) groups excluding carboxylic acids is 3. The lowest BCUT2D eigenvalue weighted by Gasteiger charge is -2.20. The van der Waals surface area contributed by atoms with Crippen LogP contribution in [0.5, 0.6) is 5.75 Å². The Kier molecular flexibility index (Phi) is 7.38. The zero-order valence-corrected chi connectivity index (χ0v) is 20.5. The lowest BCUT2D eigenvalue weighted by Crippen LogP contribution is -2.40. The molecular weight excluding hydrogens is 460 g/mol. The van der Waals surface area contributed by atoms with Gasteiger partial charge in [0.1, 0.15) is 18.1 Å². The molecule has 0 bridgehead atoms. The number of nitrogens with zero attached hydrogens (tertiary/aromatic N) is 2. The second kappa shape index (κ2) is 10.6. The van der Waals surface area contributed by atoms with E-state index in [1.54, 1.807) is 37.4 Å². The lowest BCUT2D eigenvalue weighted by atomic mass is 10.0. The molecule has 0 unspecified atom stereocenters. The Morgan fingerprint density at radius 2 is 1.86 bits per heavy atom. The summed E-state index contributed by atoms with van der Waals surface area (Å²) in [4.78, 5) is 39.3. The van der Waals surface area contributed by atoms with Gasteiger partial charge in [-0.3, -0.25) is 19.9 Å². The van der Waals surface area contributed by atoms with Gasteiger partial charge in [0.15, 0.2) is 5.78 Å². The van der Waals surface area contributed by atoms with Crippen LogP contribution in [0.2, 0.25) is 0 Å². The molecule has 1 aromatic heterocycles. The van der Waals surface area contributed by atoms with E-state index in [0.29, 0.717) is 35.1 Å². The Balaban J connectivity index is 1.48. The van der Waals surface area contributed by atoms with Crippen LogP contribution in [0.25, 0.3) is 10.9 Å². The van der Waals surface area contributed by atoms with E-state index in [0.717, 1.165) is 23.9 Å². The minimum Gasteiger partial charge on any atom is -0.465 e. The molecule has 4 rings (SSSR count). The molecule has 188 valence electrons. The van der Waals surface area contributed by atoms with Gasteiger partial charge in [-0.05, 0) is 49.9 Å². The fourth-order valence-electron chi connectivity index (χ4n) is 4.13. The van der Waals surface area contributed by atoms with E-state index in [-0.39, 0.29) is 30.8 Å². The number of benzene rings is 2. The number of ketones is 1. The maximum absolute atomic E-state index is 13.1. The van der Waals surface area contributed by atoms with Crippen molar-refractivity contribution in [1.29, 1.82) is 5.41 Å². The number of nitrogens with one attached hydrogen (secondary N) is 1. The first kappa shape index (κ1) is 25.0. The van der Waals surface area contributed by atoms with Crippen LogP contribution in [0.15, 0.2) is 48.7 Å². The highest BCUT2D eigenvalue weighted by Crippen LogP contribution is 2.30. The topological polar surface area (TPSA) is 128 Å². The molecule has 0 aliphatic heterocycles. The SMILES string of the molecule is CCOC(=O)CN(C(=O)Oc1ccc2c(c1)c(C(=O)CCc1ccc(C(=N)N)cc1)cn2C)C1CC1. The predicted molar refractivity (Wildman–Crippen MR) is 135 cm³/mol. The molecule has 1 heterocycles. The van der Waals surface area contributed by atoms with Crippen molar-refractivity contribution in [3.63, 3.8) is 0 Å². The van der Waals surface area contributed by atoms with Crippen LogP contribution in [-0.2, 0) is 23.0 Å². The zero-order valence-electron chi connectivity index (χ0n) is 20.5. The molecule has 9 nitrogen and oxygen atoms in total. The number of aromatic nitrogens is 1. The number of nitrogen functional groups attached to an aromatic ring is 1. The van der Waals surface area contributed by atoms with E-state index in [9.17, 15) is 14.4 Å². The van der Waals surface area contributed by atoms with Crippen molar-refractivity contribution in [2.45, 2.75) is 38.6 Å². The number of nitrogens with two attached hydrogens (primary N) is 1. The quantitative estimate of drug-likeness (QED) is 0.193. The summed E-state index contributed by atoms with van der Waals surface area (Å²) in [6.07, 6.45) is 3.67. The van der Waals surface area contributed by atoms with Crippen molar-refractivity contribution in [2.75, 3.05) is 13.2 Å². The third kappa shape index (κ3) is 5.73. The summed E-state index contributed by atoms with van der Waals surface area (Å²) < 4.78 is 12.4. The Labute approximate surface area is 209 Å². The average Bonchev–Trinajstić information content (AvgIpc) is 3.64.